The van der Waals surface area contributed by atoms with Gasteiger partial charge in [0.2, 0.25) is 15.9 Å². The van der Waals surface area contributed by atoms with Gasteiger partial charge in [0.25, 0.3) is 0 Å². The number of amides is 1. The SMILES string of the molecule is CN(C)S(=O)(=O)c1cccc(NC(=O)C2CCC(N)C2)c1. The normalized spacial score (nSPS) is 22.5. The van der Waals surface area contributed by atoms with E-state index in [9.17, 15) is 13.2 Å². The van der Waals surface area contributed by atoms with Crippen molar-refractivity contribution in [2.45, 2.75) is 30.2 Å². The van der Waals surface area contributed by atoms with Crippen molar-refractivity contribution >= 4 is 21.6 Å². The number of anilines is 1. The summed E-state index contributed by atoms with van der Waals surface area (Å²) in [6.45, 7) is 0. The average Bonchev–Trinajstić information content (AvgIpc) is 2.85. The smallest absolute Gasteiger partial charge is 0.242 e. The molecule has 6 nitrogen and oxygen atoms in total. The fraction of sp³-hybridized carbons (Fsp3) is 0.500. The molecule has 21 heavy (non-hydrogen) atoms. The summed E-state index contributed by atoms with van der Waals surface area (Å²) in [4.78, 5) is 12.3. The third-order valence-corrected chi connectivity index (χ3v) is 5.54. The molecule has 0 aromatic heterocycles. The molecule has 7 heteroatoms. The molecule has 1 saturated carbocycles. The van der Waals surface area contributed by atoms with Crippen molar-refractivity contribution in [3.8, 4) is 0 Å². The predicted molar refractivity (Wildman–Crippen MR) is 81.3 cm³/mol. The molecule has 1 aliphatic rings. The van der Waals surface area contributed by atoms with Gasteiger partial charge in [-0.2, -0.15) is 0 Å². The van der Waals surface area contributed by atoms with Crippen molar-refractivity contribution in [3.63, 3.8) is 0 Å². The van der Waals surface area contributed by atoms with E-state index in [2.05, 4.69) is 5.32 Å². The molecule has 2 unspecified atom stereocenters. The third kappa shape index (κ3) is 3.61. The van der Waals surface area contributed by atoms with Crippen LogP contribution in [0.5, 0.6) is 0 Å². The molecule has 1 fully saturated rings. The van der Waals surface area contributed by atoms with Crippen LogP contribution in [0.15, 0.2) is 29.2 Å². The number of hydrogen-bond acceptors (Lipinski definition) is 4. The van der Waals surface area contributed by atoms with Crippen LogP contribution in [-0.2, 0) is 14.8 Å². The first kappa shape index (κ1) is 15.9. The van der Waals surface area contributed by atoms with E-state index in [1.807, 2.05) is 0 Å². The van der Waals surface area contributed by atoms with Gasteiger partial charge in [0.1, 0.15) is 0 Å². The van der Waals surface area contributed by atoms with Gasteiger partial charge in [-0.15, -0.1) is 0 Å². The Morgan fingerprint density at radius 1 is 1.33 bits per heavy atom. The Balaban J connectivity index is 2.13. The van der Waals surface area contributed by atoms with Crippen LogP contribution >= 0.6 is 0 Å². The molecule has 0 bridgehead atoms. The third-order valence-electron chi connectivity index (χ3n) is 3.72. The Labute approximate surface area is 125 Å². The number of carbonyl (C=O) groups is 1. The number of sulfonamides is 1. The maximum absolute atomic E-state index is 12.1. The highest BCUT2D eigenvalue weighted by atomic mass is 32.2. The second kappa shape index (κ2) is 6.13. The minimum Gasteiger partial charge on any atom is -0.328 e. The Morgan fingerprint density at radius 3 is 2.62 bits per heavy atom. The van der Waals surface area contributed by atoms with Crippen LogP contribution in [0.25, 0.3) is 0 Å². The van der Waals surface area contributed by atoms with Crippen LogP contribution < -0.4 is 11.1 Å². The number of rotatable bonds is 4. The molecule has 1 aliphatic carbocycles. The summed E-state index contributed by atoms with van der Waals surface area (Å²) < 4.78 is 25.3. The molecule has 1 amide bonds. The first-order valence-electron chi connectivity index (χ1n) is 6.89. The van der Waals surface area contributed by atoms with Crippen molar-refractivity contribution in [1.29, 1.82) is 0 Å². The standard InChI is InChI=1S/C14H21N3O3S/c1-17(2)21(19,20)13-5-3-4-12(9-13)16-14(18)10-6-7-11(15)8-10/h3-5,9-11H,6-8,15H2,1-2H3,(H,16,18). The molecule has 116 valence electrons. The highest BCUT2D eigenvalue weighted by molar-refractivity contribution is 7.89. The first-order chi connectivity index (χ1) is 9.80. The molecule has 0 spiro atoms. The van der Waals surface area contributed by atoms with Gasteiger partial charge in [0.05, 0.1) is 4.90 Å². The Kier molecular flexibility index (Phi) is 4.65. The lowest BCUT2D eigenvalue weighted by molar-refractivity contribution is -0.119. The number of benzene rings is 1. The van der Waals surface area contributed by atoms with Gasteiger partial charge >= 0.3 is 0 Å². The maximum Gasteiger partial charge on any atom is 0.242 e. The second-order valence-electron chi connectivity index (χ2n) is 5.57. The monoisotopic (exact) mass is 311 g/mol. The van der Waals surface area contributed by atoms with Crippen LogP contribution in [0.1, 0.15) is 19.3 Å². The van der Waals surface area contributed by atoms with Crippen molar-refractivity contribution in [1.82, 2.24) is 4.31 Å². The van der Waals surface area contributed by atoms with Gasteiger partial charge in [-0.1, -0.05) is 6.07 Å². The van der Waals surface area contributed by atoms with Crippen molar-refractivity contribution in [2.24, 2.45) is 11.7 Å². The molecule has 1 aromatic rings. The lowest BCUT2D eigenvalue weighted by Gasteiger charge is -2.14. The Bertz CT molecular complexity index is 628. The zero-order valence-electron chi connectivity index (χ0n) is 12.2. The van der Waals surface area contributed by atoms with Gasteiger partial charge in [0.15, 0.2) is 0 Å². The van der Waals surface area contributed by atoms with Crippen LogP contribution in [0, 0.1) is 5.92 Å². The van der Waals surface area contributed by atoms with Crippen LogP contribution in [0.2, 0.25) is 0 Å². The van der Waals surface area contributed by atoms with E-state index in [1.165, 1.54) is 26.2 Å². The summed E-state index contributed by atoms with van der Waals surface area (Å²) in [5.74, 6) is -0.184. The molecular weight excluding hydrogens is 290 g/mol. The van der Waals surface area contributed by atoms with Crippen LogP contribution in [-0.4, -0.2) is 38.8 Å². The van der Waals surface area contributed by atoms with E-state index >= 15 is 0 Å². The lowest BCUT2D eigenvalue weighted by Crippen LogP contribution is -2.24. The fourth-order valence-electron chi connectivity index (χ4n) is 2.44. The van der Waals surface area contributed by atoms with E-state index in [0.717, 1.165) is 17.1 Å². The highest BCUT2D eigenvalue weighted by Crippen LogP contribution is 2.26. The van der Waals surface area contributed by atoms with Gasteiger partial charge in [-0.25, -0.2) is 12.7 Å². The summed E-state index contributed by atoms with van der Waals surface area (Å²) in [6, 6.07) is 6.37. The van der Waals surface area contributed by atoms with Gasteiger partial charge < -0.3 is 11.1 Å². The molecule has 2 rings (SSSR count). The number of hydrogen-bond donors (Lipinski definition) is 2. The van der Waals surface area contributed by atoms with Crippen molar-refractivity contribution < 1.29 is 13.2 Å². The lowest BCUT2D eigenvalue weighted by atomic mass is 10.1. The Morgan fingerprint density at radius 2 is 2.05 bits per heavy atom. The molecule has 0 saturated heterocycles. The van der Waals surface area contributed by atoms with Crippen LogP contribution in [0.4, 0.5) is 5.69 Å². The van der Waals surface area contributed by atoms with E-state index in [4.69, 9.17) is 5.73 Å². The van der Waals surface area contributed by atoms with E-state index < -0.39 is 10.0 Å². The fourth-order valence-corrected chi connectivity index (χ4v) is 3.39. The highest BCUT2D eigenvalue weighted by Gasteiger charge is 2.28. The predicted octanol–water partition coefficient (Wildman–Crippen LogP) is 1.00. The van der Waals surface area contributed by atoms with E-state index in [0.29, 0.717) is 12.1 Å². The summed E-state index contributed by atoms with van der Waals surface area (Å²) in [5, 5.41) is 2.78. The maximum atomic E-state index is 12.1. The minimum atomic E-state index is -3.50. The summed E-state index contributed by atoms with van der Waals surface area (Å²) in [5.41, 5.74) is 6.30. The molecule has 2 atom stereocenters. The summed E-state index contributed by atoms with van der Waals surface area (Å²) in [6.07, 6.45) is 2.32. The summed E-state index contributed by atoms with van der Waals surface area (Å²) >= 11 is 0. The zero-order chi connectivity index (χ0) is 15.6. The number of nitrogens with two attached hydrogens (primary N) is 1. The van der Waals surface area contributed by atoms with E-state index in [-0.39, 0.29) is 22.8 Å². The molecule has 1 aromatic carbocycles. The van der Waals surface area contributed by atoms with Gasteiger partial charge in [-0.05, 0) is 37.5 Å². The minimum absolute atomic E-state index is 0.0844. The molecule has 0 heterocycles. The average molecular weight is 311 g/mol. The number of nitrogens with zero attached hydrogens (tertiary/aromatic N) is 1. The van der Waals surface area contributed by atoms with Crippen molar-refractivity contribution in [3.05, 3.63) is 24.3 Å². The largest absolute Gasteiger partial charge is 0.328 e. The summed E-state index contributed by atoms with van der Waals surface area (Å²) in [7, 11) is -0.556. The quantitative estimate of drug-likeness (QED) is 0.867. The number of nitrogens with one attached hydrogen (secondary N) is 1. The van der Waals surface area contributed by atoms with Gasteiger partial charge in [0, 0.05) is 31.7 Å². The van der Waals surface area contributed by atoms with E-state index in [1.54, 1.807) is 12.1 Å². The van der Waals surface area contributed by atoms with Crippen molar-refractivity contribution in [2.75, 3.05) is 19.4 Å². The molecule has 0 radical (unpaired) electrons. The first-order valence-corrected chi connectivity index (χ1v) is 8.34. The topological polar surface area (TPSA) is 92.5 Å². The molecule has 0 aliphatic heterocycles. The number of carbonyl (C=O) groups excluding carboxylic acids is 1. The van der Waals surface area contributed by atoms with Gasteiger partial charge in [-0.3, -0.25) is 4.79 Å². The molecule has 3 N–H and O–H groups in total. The second-order valence-corrected chi connectivity index (χ2v) is 7.73. The molecular formula is C14H21N3O3S. The zero-order valence-corrected chi connectivity index (χ0v) is 13.1. The van der Waals surface area contributed by atoms with Crippen LogP contribution in [0.3, 0.4) is 0 Å². The Hall–Kier alpha value is -1.44.